The van der Waals surface area contributed by atoms with Gasteiger partial charge in [-0.1, -0.05) is 0 Å². The SMILES string of the molecule is CCn1c(=O)c(NC)c(NC)n(O)c1=O. The quantitative estimate of drug-likeness (QED) is 0.582. The molecule has 15 heavy (non-hydrogen) atoms. The summed E-state index contributed by atoms with van der Waals surface area (Å²) >= 11 is 0. The van der Waals surface area contributed by atoms with Gasteiger partial charge in [0, 0.05) is 20.6 Å². The van der Waals surface area contributed by atoms with Gasteiger partial charge in [0.1, 0.15) is 5.69 Å². The summed E-state index contributed by atoms with van der Waals surface area (Å²) in [6, 6.07) is 0. The summed E-state index contributed by atoms with van der Waals surface area (Å²) in [5, 5.41) is 14.7. The molecular formula is C8H14N4O3. The summed E-state index contributed by atoms with van der Waals surface area (Å²) in [6.45, 7) is 1.86. The van der Waals surface area contributed by atoms with Crippen LogP contribution < -0.4 is 21.9 Å². The Labute approximate surface area is 85.9 Å². The van der Waals surface area contributed by atoms with Gasteiger partial charge in [-0.2, -0.15) is 0 Å². The highest BCUT2D eigenvalue weighted by molar-refractivity contribution is 5.62. The Morgan fingerprint density at radius 2 is 1.87 bits per heavy atom. The van der Waals surface area contributed by atoms with Gasteiger partial charge in [-0.3, -0.25) is 9.36 Å². The third-order valence-corrected chi connectivity index (χ3v) is 2.12. The van der Waals surface area contributed by atoms with Crippen LogP contribution in [0.1, 0.15) is 6.92 Å². The van der Waals surface area contributed by atoms with Crippen LogP contribution in [0.3, 0.4) is 0 Å². The summed E-state index contributed by atoms with van der Waals surface area (Å²) < 4.78 is 1.35. The van der Waals surface area contributed by atoms with Crippen LogP contribution in [0.4, 0.5) is 11.5 Å². The van der Waals surface area contributed by atoms with E-state index in [1.165, 1.54) is 7.05 Å². The largest absolute Gasteiger partial charge is 0.422 e. The zero-order valence-electron chi connectivity index (χ0n) is 8.87. The maximum absolute atomic E-state index is 11.7. The number of rotatable bonds is 3. The first-order valence-electron chi connectivity index (χ1n) is 4.53. The Morgan fingerprint density at radius 3 is 2.27 bits per heavy atom. The molecular weight excluding hydrogens is 200 g/mol. The van der Waals surface area contributed by atoms with Crippen LogP contribution in [0.15, 0.2) is 9.59 Å². The van der Waals surface area contributed by atoms with E-state index in [1.807, 2.05) is 0 Å². The van der Waals surface area contributed by atoms with E-state index >= 15 is 0 Å². The normalized spacial score (nSPS) is 10.1. The van der Waals surface area contributed by atoms with Crippen LogP contribution in [-0.2, 0) is 6.54 Å². The molecule has 0 fully saturated rings. The van der Waals surface area contributed by atoms with Crippen molar-refractivity contribution in [2.24, 2.45) is 0 Å². The average molecular weight is 214 g/mol. The zero-order chi connectivity index (χ0) is 11.6. The number of hydrogen-bond acceptors (Lipinski definition) is 5. The van der Waals surface area contributed by atoms with E-state index in [2.05, 4.69) is 10.6 Å². The first kappa shape index (κ1) is 11.2. The first-order valence-corrected chi connectivity index (χ1v) is 4.53. The van der Waals surface area contributed by atoms with Crippen molar-refractivity contribution in [1.82, 2.24) is 9.30 Å². The van der Waals surface area contributed by atoms with E-state index in [0.29, 0.717) is 4.73 Å². The van der Waals surface area contributed by atoms with Crippen molar-refractivity contribution in [3.8, 4) is 0 Å². The second kappa shape index (κ2) is 4.07. The number of hydrogen-bond donors (Lipinski definition) is 3. The van der Waals surface area contributed by atoms with Crippen LogP contribution in [0.25, 0.3) is 0 Å². The van der Waals surface area contributed by atoms with Crippen LogP contribution in [0.2, 0.25) is 0 Å². The molecule has 7 nitrogen and oxygen atoms in total. The highest BCUT2D eigenvalue weighted by Gasteiger charge is 2.15. The molecule has 1 rings (SSSR count). The van der Waals surface area contributed by atoms with Gasteiger partial charge >= 0.3 is 5.69 Å². The van der Waals surface area contributed by atoms with E-state index in [-0.39, 0.29) is 18.1 Å². The molecule has 3 N–H and O–H groups in total. The van der Waals surface area contributed by atoms with E-state index in [1.54, 1.807) is 14.0 Å². The standard InChI is InChI=1S/C8H14N4O3/c1-4-11-7(13)5(9-2)6(10-3)12(15)8(11)14/h9-10,15H,4H2,1-3H3. The lowest BCUT2D eigenvalue weighted by atomic mass is 10.4. The van der Waals surface area contributed by atoms with Gasteiger partial charge < -0.3 is 15.8 Å². The number of nitrogens with zero attached hydrogens (tertiary/aromatic N) is 2. The van der Waals surface area contributed by atoms with Gasteiger partial charge in [0.15, 0.2) is 5.82 Å². The predicted molar refractivity (Wildman–Crippen MR) is 56.9 cm³/mol. The number of anilines is 2. The second-order valence-electron chi connectivity index (χ2n) is 2.87. The Bertz CT molecular complexity index is 474. The summed E-state index contributed by atoms with van der Waals surface area (Å²) in [5.74, 6) is 0.0530. The molecule has 1 heterocycles. The summed E-state index contributed by atoms with van der Waals surface area (Å²) in [6.07, 6.45) is 0. The molecule has 0 saturated carbocycles. The molecule has 0 aliphatic rings. The summed E-state index contributed by atoms with van der Waals surface area (Å²) in [7, 11) is 3.06. The maximum Gasteiger partial charge on any atom is 0.365 e. The van der Waals surface area contributed by atoms with Crippen LogP contribution in [0.5, 0.6) is 0 Å². The van der Waals surface area contributed by atoms with Crippen molar-refractivity contribution in [2.45, 2.75) is 13.5 Å². The Hall–Kier alpha value is -1.92. The Balaban J connectivity index is 3.74. The predicted octanol–water partition coefficient (Wildman–Crippen LogP) is -0.649. The molecule has 1 aromatic rings. The lowest BCUT2D eigenvalue weighted by Crippen LogP contribution is -2.40. The molecule has 0 saturated heterocycles. The van der Waals surface area contributed by atoms with Crippen LogP contribution in [-0.4, -0.2) is 28.6 Å². The van der Waals surface area contributed by atoms with Crippen molar-refractivity contribution in [3.63, 3.8) is 0 Å². The minimum atomic E-state index is -0.758. The average Bonchev–Trinajstić information content (AvgIpc) is 2.23. The second-order valence-corrected chi connectivity index (χ2v) is 2.87. The fourth-order valence-electron chi connectivity index (χ4n) is 1.37. The zero-order valence-corrected chi connectivity index (χ0v) is 8.87. The minimum Gasteiger partial charge on any atom is -0.422 e. The van der Waals surface area contributed by atoms with Crippen molar-refractivity contribution in [2.75, 3.05) is 24.7 Å². The molecule has 0 amide bonds. The van der Waals surface area contributed by atoms with Gasteiger partial charge in [0.05, 0.1) is 0 Å². The molecule has 0 bridgehead atoms. The molecule has 0 atom stereocenters. The third-order valence-electron chi connectivity index (χ3n) is 2.12. The molecule has 0 spiro atoms. The topological polar surface area (TPSA) is 88.3 Å². The van der Waals surface area contributed by atoms with E-state index in [0.717, 1.165) is 4.57 Å². The van der Waals surface area contributed by atoms with Gasteiger partial charge in [0.25, 0.3) is 5.56 Å². The fraction of sp³-hybridized carbons (Fsp3) is 0.500. The highest BCUT2D eigenvalue weighted by Crippen LogP contribution is 2.11. The van der Waals surface area contributed by atoms with Gasteiger partial charge in [0.2, 0.25) is 0 Å². The fourth-order valence-corrected chi connectivity index (χ4v) is 1.37. The van der Waals surface area contributed by atoms with E-state index in [9.17, 15) is 14.8 Å². The lowest BCUT2D eigenvalue weighted by Gasteiger charge is -2.13. The van der Waals surface area contributed by atoms with E-state index in [4.69, 9.17) is 0 Å². The smallest absolute Gasteiger partial charge is 0.365 e. The first-order chi connectivity index (χ1) is 7.08. The van der Waals surface area contributed by atoms with Crippen molar-refractivity contribution in [1.29, 1.82) is 0 Å². The Kier molecular flexibility index (Phi) is 3.03. The molecule has 84 valence electrons. The lowest BCUT2D eigenvalue weighted by molar-refractivity contribution is 0.170. The molecule has 0 aliphatic heterocycles. The summed E-state index contributed by atoms with van der Waals surface area (Å²) in [4.78, 5) is 23.2. The summed E-state index contributed by atoms with van der Waals surface area (Å²) in [5.41, 5.74) is -1.06. The molecule has 0 aliphatic carbocycles. The van der Waals surface area contributed by atoms with Gasteiger partial charge in [-0.25, -0.2) is 4.79 Å². The van der Waals surface area contributed by atoms with Crippen molar-refractivity contribution >= 4 is 11.5 Å². The van der Waals surface area contributed by atoms with Gasteiger partial charge in [-0.05, 0) is 6.92 Å². The van der Waals surface area contributed by atoms with E-state index < -0.39 is 11.2 Å². The highest BCUT2D eigenvalue weighted by atomic mass is 16.5. The molecule has 0 aromatic carbocycles. The minimum absolute atomic E-state index is 0.0530. The maximum atomic E-state index is 11.7. The Morgan fingerprint density at radius 1 is 1.27 bits per heavy atom. The van der Waals surface area contributed by atoms with Crippen LogP contribution >= 0.6 is 0 Å². The molecule has 0 radical (unpaired) electrons. The molecule has 0 unspecified atom stereocenters. The monoisotopic (exact) mass is 214 g/mol. The third kappa shape index (κ3) is 1.56. The molecule has 1 aromatic heterocycles. The van der Waals surface area contributed by atoms with Gasteiger partial charge in [-0.15, -0.1) is 4.73 Å². The van der Waals surface area contributed by atoms with Crippen LogP contribution in [0, 0.1) is 0 Å². The number of nitrogens with one attached hydrogen (secondary N) is 2. The van der Waals surface area contributed by atoms with Crippen molar-refractivity contribution < 1.29 is 5.21 Å². The number of aromatic nitrogens is 2. The van der Waals surface area contributed by atoms with Crippen molar-refractivity contribution in [3.05, 3.63) is 20.8 Å². The molecule has 7 heteroatoms.